The second-order valence-electron chi connectivity index (χ2n) is 2.48. The number of hydrogen-bond donors (Lipinski definition) is 1. The number of hydrogen-bond acceptors (Lipinski definition) is 4. The predicted octanol–water partition coefficient (Wildman–Crippen LogP) is 0.0344. The van der Waals surface area contributed by atoms with Gasteiger partial charge in [0.05, 0.1) is 13.2 Å². The predicted molar refractivity (Wildman–Crippen MR) is 55.2 cm³/mol. The number of ether oxygens (including phenoxy) is 2. The monoisotopic (exact) mass is 213 g/mol. The highest BCUT2D eigenvalue weighted by Crippen LogP contribution is 1.81. The molecular formula is C10H15NO4. The van der Waals surface area contributed by atoms with Gasteiger partial charge in [0.25, 0.3) is 0 Å². The lowest BCUT2D eigenvalue weighted by atomic mass is 10.5. The van der Waals surface area contributed by atoms with Crippen LogP contribution in [0.3, 0.4) is 0 Å². The Balaban J connectivity index is 3.18. The van der Waals surface area contributed by atoms with Crippen LogP contribution in [0, 0.1) is 0 Å². The van der Waals surface area contributed by atoms with Crippen molar-refractivity contribution < 1.29 is 19.1 Å². The molecule has 0 saturated heterocycles. The van der Waals surface area contributed by atoms with Gasteiger partial charge in [-0.2, -0.15) is 0 Å². The Morgan fingerprint density at radius 2 is 1.87 bits per heavy atom. The summed E-state index contributed by atoms with van der Waals surface area (Å²) in [5, 5.41) is 2.54. The highest BCUT2D eigenvalue weighted by atomic mass is 16.6. The molecule has 0 atom stereocenters. The molecule has 0 aromatic carbocycles. The highest BCUT2D eigenvalue weighted by molar-refractivity contribution is 5.86. The normalized spacial score (nSPS) is 9.07. The van der Waals surface area contributed by atoms with Gasteiger partial charge in [-0.25, -0.2) is 4.79 Å². The average Bonchev–Trinajstić information content (AvgIpc) is 2.26. The number of nitrogens with one attached hydrogen (secondary N) is 1. The minimum atomic E-state index is -0.474. The third-order valence-corrected chi connectivity index (χ3v) is 1.37. The lowest BCUT2D eigenvalue weighted by Crippen LogP contribution is -2.25. The topological polar surface area (TPSA) is 64.6 Å². The Hall–Kier alpha value is -1.62. The summed E-state index contributed by atoms with van der Waals surface area (Å²) in [5.74, 6) is -0.713. The van der Waals surface area contributed by atoms with Crippen molar-refractivity contribution >= 4 is 11.9 Å². The molecule has 5 nitrogen and oxygen atoms in total. The van der Waals surface area contributed by atoms with Crippen LogP contribution >= 0.6 is 0 Å². The van der Waals surface area contributed by atoms with E-state index < -0.39 is 5.97 Å². The molecule has 0 aromatic rings. The molecule has 0 rings (SSSR count). The van der Waals surface area contributed by atoms with E-state index in [-0.39, 0.29) is 12.5 Å². The standard InChI is InChI=1S/C10H15NO4/c1-3-9(12)11-5-6-14-7-8-15-10(13)4-2/h3-4H,1-2,5-8H2,(H,11,12). The maximum atomic E-state index is 10.7. The van der Waals surface area contributed by atoms with Crippen molar-refractivity contribution in [3.8, 4) is 0 Å². The molecule has 15 heavy (non-hydrogen) atoms. The summed E-state index contributed by atoms with van der Waals surface area (Å²) in [6.07, 6.45) is 2.27. The van der Waals surface area contributed by atoms with Gasteiger partial charge in [0.1, 0.15) is 6.61 Å². The molecule has 0 heterocycles. The molecule has 0 saturated carbocycles. The van der Waals surface area contributed by atoms with E-state index >= 15 is 0 Å². The van der Waals surface area contributed by atoms with Gasteiger partial charge in [-0.05, 0) is 6.08 Å². The number of carbonyl (C=O) groups is 2. The summed E-state index contributed by atoms with van der Waals surface area (Å²) in [4.78, 5) is 21.2. The molecule has 0 bridgehead atoms. The molecule has 0 aromatic heterocycles. The van der Waals surface area contributed by atoms with Gasteiger partial charge in [0.2, 0.25) is 5.91 Å². The van der Waals surface area contributed by atoms with Crippen LogP contribution in [-0.2, 0) is 19.1 Å². The molecule has 0 fully saturated rings. The smallest absolute Gasteiger partial charge is 0.330 e. The van der Waals surface area contributed by atoms with E-state index in [0.717, 1.165) is 6.08 Å². The van der Waals surface area contributed by atoms with Crippen molar-refractivity contribution in [2.24, 2.45) is 0 Å². The fourth-order valence-corrected chi connectivity index (χ4v) is 0.681. The zero-order chi connectivity index (χ0) is 11.5. The minimum Gasteiger partial charge on any atom is -0.460 e. The number of rotatable bonds is 8. The van der Waals surface area contributed by atoms with Crippen LogP contribution in [0.5, 0.6) is 0 Å². The lowest BCUT2D eigenvalue weighted by molar-refractivity contribution is -0.139. The van der Waals surface area contributed by atoms with Crippen molar-refractivity contribution in [3.05, 3.63) is 25.3 Å². The molecule has 1 amide bonds. The van der Waals surface area contributed by atoms with Crippen molar-refractivity contribution in [3.63, 3.8) is 0 Å². The minimum absolute atomic E-state index is 0.181. The van der Waals surface area contributed by atoms with Crippen molar-refractivity contribution in [1.29, 1.82) is 0 Å². The van der Waals surface area contributed by atoms with Gasteiger partial charge in [-0.3, -0.25) is 4.79 Å². The second kappa shape index (κ2) is 8.96. The molecule has 0 unspecified atom stereocenters. The molecule has 0 aliphatic heterocycles. The Bertz CT molecular complexity index is 214. The Morgan fingerprint density at radius 1 is 1.13 bits per heavy atom. The Kier molecular flexibility index (Phi) is 7.99. The van der Waals surface area contributed by atoms with Crippen LogP contribution in [0.25, 0.3) is 0 Å². The molecule has 0 aliphatic rings. The summed E-state index contributed by atoms with van der Waals surface area (Å²) in [6, 6.07) is 0. The van der Waals surface area contributed by atoms with E-state index in [1.165, 1.54) is 6.08 Å². The van der Waals surface area contributed by atoms with Gasteiger partial charge in [0.15, 0.2) is 0 Å². The summed E-state index contributed by atoms with van der Waals surface area (Å²) >= 11 is 0. The fraction of sp³-hybridized carbons (Fsp3) is 0.400. The van der Waals surface area contributed by atoms with Crippen LogP contribution in [0.4, 0.5) is 0 Å². The van der Waals surface area contributed by atoms with Gasteiger partial charge < -0.3 is 14.8 Å². The van der Waals surface area contributed by atoms with Crippen molar-refractivity contribution in [1.82, 2.24) is 5.32 Å². The van der Waals surface area contributed by atoms with Gasteiger partial charge in [0, 0.05) is 12.6 Å². The molecule has 5 heteroatoms. The molecular weight excluding hydrogens is 198 g/mol. The van der Waals surface area contributed by atoms with E-state index in [9.17, 15) is 9.59 Å². The van der Waals surface area contributed by atoms with Crippen LogP contribution in [0.1, 0.15) is 0 Å². The SMILES string of the molecule is C=CC(=O)NCCOCCOC(=O)C=C. The quantitative estimate of drug-likeness (QED) is 0.351. The van der Waals surface area contributed by atoms with Crippen molar-refractivity contribution in [2.75, 3.05) is 26.4 Å². The largest absolute Gasteiger partial charge is 0.460 e. The molecule has 0 aliphatic carbocycles. The maximum Gasteiger partial charge on any atom is 0.330 e. The fourth-order valence-electron chi connectivity index (χ4n) is 0.681. The Morgan fingerprint density at radius 3 is 2.47 bits per heavy atom. The zero-order valence-corrected chi connectivity index (χ0v) is 8.53. The van der Waals surface area contributed by atoms with Crippen LogP contribution < -0.4 is 5.32 Å². The number of carbonyl (C=O) groups excluding carboxylic acids is 2. The number of amides is 1. The molecule has 84 valence electrons. The first kappa shape index (κ1) is 13.4. The maximum absolute atomic E-state index is 10.7. The summed E-state index contributed by atoms with van der Waals surface area (Å²) in [7, 11) is 0. The zero-order valence-electron chi connectivity index (χ0n) is 8.53. The third-order valence-electron chi connectivity index (χ3n) is 1.37. The van der Waals surface area contributed by atoms with Gasteiger partial charge >= 0.3 is 5.97 Å². The highest BCUT2D eigenvalue weighted by Gasteiger charge is 1.95. The van der Waals surface area contributed by atoms with Gasteiger partial charge in [-0.1, -0.05) is 13.2 Å². The van der Waals surface area contributed by atoms with Crippen LogP contribution in [0.15, 0.2) is 25.3 Å². The summed E-state index contributed by atoms with van der Waals surface area (Å²) < 4.78 is 9.72. The van der Waals surface area contributed by atoms with E-state index in [0.29, 0.717) is 19.8 Å². The Labute approximate surface area is 88.7 Å². The average molecular weight is 213 g/mol. The molecule has 0 radical (unpaired) electrons. The van der Waals surface area contributed by atoms with Crippen LogP contribution in [-0.4, -0.2) is 38.2 Å². The van der Waals surface area contributed by atoms with E-state index in [4.69, 9.17) is 4.74 Å². The van der Waals surface area contributed by atoms with E-state index in [1.807, 2.05) is 0 Å². The molecule has 1 N–H and O–H groups in total. The molecule has 0 spiro atoms. The lowest BCUT2D eigenvalue weighted by Gasteiger charge is -2.04. The van der Waals surface area contributed by atoms with Crippen molar-refractivity contribution in [2.45, 2.75) is 0 Å². The first-order valence-corrected chi connectivity index (χ1v) is 4.48. The third kappa shape index (κ3) is 8.70. The number of esters is 1. The van der Waals surface area contributed by atoms with Crippen LogP contribution in [0.2, 0.25) is 0 Å². The summed E-state index contributed by atoms with van der Waals surface area (Å²) in [6.45, 7) is 7.79. The first-order chi connectivity index (χ1) is 7.20. The van der Waals surface area contributed by atoms with Gasteiger partial charge in [-0.15, -0.1) is 0 Å². The summed E-state index contributed by atoms with van der Waals surface area (Å²) in [5.41, 5.74) is 0. The second-order valence-corrected chi connectivity index (χ2v) is 2.48. The van der Waals surface area contributed by atoms with E-state index in [2.05, 4.69) is 23.2 Å². The van der Waals surface area contributed by atoms with E-state index in [1.54, 1.807) is 0 Å². The first-order valence-electron chi connectivity index (χ1n) is 4.48.